The quantitative estimate of drug-likeness (QED) is 0.636. The summed E-state index contributed by atoms with van der Waals surface area (Å²) in [5.41, 5.74) is 0.0999. The van der Waals surface area contributed by atoms with Crippen molar-refractivity contribution in [2.45, 2.75) is 90.1 Å². The van der Waals surface area contributed by atoms with Gasteiger partial charge in [0.25, 0.3) is 0 Å². The fraction of sp³-hybridized carbons (Fsp3) is 1.00. The summed E-state index contributed by atoms with van der Waals surface area (Å²) >= 11 is 0. The molecule has 0 aromatic carbocycles. The number of hydrogen-bond donors (Lipinski definition) is 1. The van der Waals surface area contributed by atoms with Crippen molar-refractivity contribution in [2.24, 2.45) is 0 Å². The van der Waals surface area contributed by atoms with E-state index in [1.165, 1.54) is 32.1 Å². The van der Waals surface area contributed by atoms with E-state index < -0.39 is 0 Å². The Morgan fingerprint density at radius 3 is 2.10 bits per heavy atom. The summed E-state index contributed by atoms with van der Waals surface area (Å²) in [4.78, 5) is 0. The van der Waals surface area contributed by atoms with Crippen molar-refractivity contribution in [3.8, 4) is 0 Å². The first kappa shape index (κ1) is 18.9. The predicted molar refractivity (Wildman–Crippen MR) is 84.6 cm³/mol. The summed E-state index contributed by atoms with van der Waals surface area (Å²) in [5, 5.41) is 8.92. The second-order valence-electron chi connectivity index (χ2n) is 6.54. The van der Waals surface area contributed by atoms with Gasteiger partial charge in [-0.05, 0) is 40.0 Å². The standard InChI is InChI=1S/C17H34O4/c1-5-8-17(9-6-7-10-17)21-16(4)13-20-15(3)12-19-14(2)11-18/h14-16,18H,5-13H2,1-4H3. The van der Waals surface area contributed by atoms with Crippen molar-refractivity contribution in [3.05, 3.63) is 0 Å². The lowest BCUT2D eigenvalue weighted by Crippen LogP contribution is -2.35. The van der Waals surface area contributed by atoms with Gasteiger partial charge in [-0.2, -0.15) is 0 Å². The zero-order valence-electron chi connectivity index (χ0n) is 14.3. The van der Waals surface area contributed by atoms with Gasteiger partial charge in [0, 0.05) is 0 Å². The summed E-state index contributed by atoms with van der Waals surface area (Å²) < 4.78 is 17.6. The Balaban J connectivity index is 2.24. The van der Waals surface area contributed by atoms with E-state index >= 15 is 0 Å². The first-order valence-electron chi connectivity index (χ1n) is 8.53. The molecule has 0 saturated heterocycles. The Kier molecular flexibility index (Phi) is 8.79. The molecule has 0 spiro atoms. The number of rotatable bonds is 11. The molecule has 0 aliphatic heterocycles. The zero-order valence-corrected chi connectivity index (χ0v) is 14.3. The first-order valence-corrected chi connectivity index (χ1v) is 8.53. The molecule has 0 bridgehead atoms. The van der Waals surface area contributed by atoms with Crippen molar-refractivity contribution < 1.29 is 19.3 Å². The van der Waals surface area contributed by atoms with E-state index in [0.717, 1.165) is 6.42 Å². The van der Waals surface area contributed by atoms with E-state index in [-0.39, 0.29) is 30.5 Å². The van der Waals surface area contributed by atoms with Gasteiger partial charge in [0.1, 0.15) is 0 Å². The van der Waals surface area contributed by atoms with E-state index in [2.05, 4.69) is 13.8 Å². The minimum absolute atomic E-state index is 0.0238. The molecular weight excluding hydrogens is 268 g/mol. The molecule has 3 unspecified atom stereocenters. The largest absolute Gasteiger partial charge is 0.394 e. The molecule has 0 aromatic heterocycles. The maximum Gasteiger partial charge on any atom is 0.0788 e. The predicted octanol–water partition coefficient (Wildman–Crippen LogP) is 3.31. The van der Waals surface area contributed by atoms with Gasteiger partial charge in [-0.1, -0.05) is 26.2 Å². The average molecular weight is 302 g/mol. The van der Waals surface area contributed by atoms with Crippen molar-refractivity contribution in [1.29, 1.82) is 0 Å². The Morgan fingerprint density at radius 2 is 1.52 bits per heavy atom. The second-order valence-corrected chi connectivity index (χ2v) is 6.54. The lowest BCUT2D eigenvalue weighted by molar-refractivity contribution is -0.129. The van der Waals surface area contributed by atoms with Gasteiger partial charge in [0.05, 0.1) is 43.7 Å². The fourth-order valence-corrected chi connectivity index (χ4v) is 3.06. The van der Waals surface area contributed by atoms with E-state index in [1.807, 2.05) is 13.8 Å². The SMILES string of the molecule is CCCC1(OC(C)COC(C)COC(C)CO)CCCC1. The van der Waals surface area contributed by atoms with Crippen molar-refractivity contribution in [2.75, 3.05) is 19.8 Å². The van der Waals surface area contributed by atoms with Crippen LogP contribution in [0.15, 0.2) is 0 Å². The van der Waals surface area contributed by atoms with Gasteiger partial charge >= 0.3 is 0 Å². The molecule has 3 atom stereocenters. The fourth-order valence-electron chi connectivity index (χ4n) is 3.06. The topological polar surface area (TPSA) is 47.9 Å². The van der Waals surface area contributed by atoms with E-state index in [0.29, 0.717) is 13.2 Å². The monoisotopic (exact) mass is 302 g/mol. The molecule has 1 aliphatic carbocycles. The molecule has 1 saturated carbocycles. The highest BCUT2D eigenvalue weighted by Gasteiger charge is 2.35. The summed E-state index contributed by atoms with van der Waals surface area (Å²) in [6.45, 7) is 9.33. The molecule has 0 amide bonds. The van der Waals surface area contributed by atoms with Crippen molar-refractivity contribution >= 4 is 0 Å². The molecule has 4 nitrogen and oxygen atoms in total. The Labute approximate surface area is 130 Å². The van der Waals surface area contributed by atoms with Crippen LogP contribution in [0.3, 0.4) is 0 Å². The van der Waals surface area contributed by atoms with Crippen LogP contribution in [-0.2, 0) is 14.2 Å². The highest BCUT2D eigenvalue weighted by Crippen LogP contribution is 2.37. The Morgan fingerprint density at radius 1 is 0.952 bits per heavy atom. The summed E-state index contributed by atoms with van der Waals surface area (Å²) in [7, 11) is 0. The molecule has 0 aromatic rings. The molecule has 0 radical (unpaired) electrons. The van der Waals surface area contributed by atoms with Crippen LogP contribution in [0.1, 0.15) is 66.2 Å². The Hall–Kier alpha value is -0.160. The van der Waals surface area contributed by atoms with Crippen LogP contribution in [0.5, 0.6) is 0 Å². The Bertz CT molecular complexity index is 264. The third-order valence-corrected chi connectivity index (χ3v) is 4.16. The second kappa shape index (κ2) is 9.78. The molecule has 0 heterocycles. The van der Waals surface area contributed by atoms with Crippen LogP contribution in [0, 0.1) is 0 Å². The summed E-state index contributed by atoms with van der Waals surface area (Å²) in [5.74, 6) is 0. The molecule has 1 aliphatic rings. The summed E-state index contributed by atoms with van der Waals surface area (Å²) in [6.07, 6.45) is 7.31. The lowest BCUT2D eigenvalue weighted by atomic mass is 9.96. The van der Waals surface area contributed by atoms with Crippen molar-refractivity contribution in [3.63, 3.8) is 0 Å². The average Bonchev–Trinajstić information content (AvgIpc) is 2.91. The third kappa shape index (κ3) is 7.09. The van der Waals surface area contributed by atoms with Crippen LogP contribution in [-0.4, -0.2) is 48.8 Å². The van der Waals surface area contributed by atoms with Crippen LogP contribution < -0.4 is 0 Å². The van der Waals surface area contributed by atoms with Gasteiger partial charge in [-0.3, -0.25) is 0 Å². The molecule has 21 heavy (non-hydrogen) atoms. The number of aliphatic hydroxyl groups is 1. The zero-order chi connectivity index (χ0) is 15.7. The maximum absolute atomic E-state index is 8.92. The van der Waals surface area contributed by atoms with E-state index in [9.17, 15) is 0 Å². The van der Waals surface area contributed by atoms with Gasteiger partial charge < -0.3 is 19.3 Å². The first-order chi connectivity index (χ1) is 10.0. The van der Waals surface area contributed by atoms with Crippen LogP contribution in [0.25, 0.3) is 0 Å². The van der Waals surface area contributed by atoms with E-state index in [4.69, 9.17) is 19.3 Å². The van der Waals surface area contributed by atoms with Gasteiger partial charge in [-0.25, -0.2) is 0 Å². The molecule has 126 valence electrons. The van der Waals surface area contributed by atoms with E-state index in [1.54, 1.807) is 0 Å². The normalized spacial score (nSPS) is 22.1. The van der Waals surface area contributed by atoms with Gasteiger partial charge in [0.15, 0.2) is 0 Å². The van der Waals surface area contributed by atoms with Crippen LogP contribution >= 0.6 is 0 Å². The minimum atomic E-state index is -0.129. The van der Waals surface area contributed by atoms with Crippen molar-refractivity contribution in [1.82, 2.24) is 0 Å². The molecule has 1 rings (SSSR count). The lowest BCUT2D eigenvalue weighted by Gasteiger charge is -2.33. The highest BCUT2D eigenvalue weighted by molar-refractivity contribution is 4.86. The smallest absolute Gasteiger partial charge is 0.0788 e. The molecule has 1 N–H and O–H groups in total. The molecular formula is C17H34O4. The highest BCUT2D eigenvalue weighted by atomic mass is 16.6. The van der Waals surface area contributed by atoms with Gasteiger partial charge in [0.2, 0.25) is 0 Å². The summed E-state index contributed by atoms with van der Waals surface area (Å²) in [6, 6.07) is 0. The maximum atomic E-state index is 8.92. The van der Waals surface area contributed by atoms with Gasteiger partial charge in [-0.15, -0.1) is 0 Å². The minimum Gasteiger partial charge on any atom is -0.394 e. The molecule has 4 heteroatoms. The van der Waals surface area contributed by atoms with Crippen LogP contribution in [0.4, 0.5) is 0 Å². The number of ether oxygens (including phenoxy) is 3. The number of aliphatic hydroxyl groups excluding tert-OH is 1. The number of hydrogen-bond acceptors (Lipinski definition) is 4. The van der Waals surface area contributed by atoms with Crippen LogP contribution in [0.2, 0.25) is 0 Å². The molecule has 1 fully saturated rings. The third-order valence-electron chi connectivity index (χ3n) is 4.16.